The van der Waals surface area contributed by atoms with Crippen LogP contribution in [0.3, 0.4) is 0 Å². The van der Waals surface area contributed by atoms with E-state index in [2.05, 4.69) is 17.4 Å². The molecule has 2 aliphatic carbocycles. The minimum atomic E-state index is -0.471. The number of benzene rings is 1. The lowest BCUT2D eigenvalue weighted by atomic mass is 10.0. The average Bonchev–Trinajstić information content (AvgIpc) is 3.03. The van der Waals surface area contributed by atoms with Crippen LogP contribution in [0.15, 0.2) is 18.2 Å². The maximum absolute atomic E-state index is 10.4. The molecule has 0 amide bonds. The van der Waals surface area contributed by atoms with E-state index >= 15 is 0 Å². The van der Waals surface area contributed by atoms with E-state index < -0.39 is 5.60 Å². The smallest absolute Gasteiger partial charge is 0.119 e. The minimum absolute atomic E-state index is 0.370. The predicted molar refractivity (Wildman–Crippen MR) is 75.5 cm³/mol. The standard InChI is InChI=1S/C16H23NO2/c1-19-13-6-4-12-5-7-15(14(12)10-13)17-11-16(18)8-2-3-9-16/h4,6,10,15,17-18H,2-3,5,7-9,11H2,1H3. The topological polar surface area (TPSA) is 41.5 Å². The number of hydrogen-bond donors (Lipinski definition) is 2. The van der Waals surface area contributed by atoms with Crippen molar-refractivity contribution in [2.24, 2.45) is 0 Å². The summed E-state index contributed by atoms with van der Waals surface area (Å²) in [5.41, 5.74) is 2.29. The zero-order valence-electron chi connectivity index (χ0n) is 11.6. The van der Waals surface area contributed by atoms with Gasteiger partial charge in [-0.25, -0.2) is 0 Å². The normalized spacial score (nSPS) is 24.4. The third-order valence-electron chi connectivity index (χ3n) is 4.64. The van der Waals surface area contributed by atoms with Gasteiger partial charge in [0.2, 0.25) is 0 Å². The Kier molecular flexibility index (Phi) is 3.50. The highest BCUT2D eigenvalue weighted by molar-refractivity contribution is 5.40. The van der Waals surface area contributed by atoms with Gasteiger partial charge in [0.15, 0.2) is 0 Å². The summed E-state index contributed by atoms with van der Waals surface area (Å²) in [6.45, 7) is 0.717. The van der Waals surface area contributed by atoms with Crippen molar-refractivity contribution in [2.45, 2.75) is 50.2 Å². The van der Waals surface area contributed by atoms with Crippen LogP contribution in [0.4, 0.5) is 0 Å². The Labute approximate surface area is 115 Å². The molecular weight excluding hydrogens is 238 g/mol. The van der Waals surface area contributed by atoms with Gasteiger partial charge in [0, 0.05) is 12.6 Å². The molecule has 1 aromatic carbocycles. The van der Waals surface area contributed by atoms with Crippen molar-refractivity contribution in [1.29, 1.82) is 0 Å². The SMILES string of the molecule is COc1ccc2c(c1)C(NCC1(O)CCCC1)CC2. The highest BCUT2D eigenvalue weighted by Crippen LogP contribution is 2.35. The van der Waals surface area contributed by atoms with Crippen LogP contribution in [0, 0.1) is 0 Å². The second-order valence-electron chi connectivity index (χ2n) is 5.97. The molecule has 0 aliphatic heterocycles. The van der Waals surface area contributed by atoms with Gasteiger partial charge < -0.3 is 15.2 Å². The van der Waals surface area contributed by atoms with Crippen LogP contribution < -0.4 is 10.1 Å². The molecule has 2 aliphatic rings. The molecule has 0 aromatic heterocycles. The number of fused-ring (bicyclic) bond motifs is 1. The number of aryl methyl sites for hydroxylation is 1. The van der Waals surface area contributed by atoms with Crippen molar-refractivity contribution in [2.75, 3.05) is 13.7 Å². The second-order valence-corrected chi connectivity index (χ2v) is 5.97. The lowest BCUT2D eigenvalue weighted by molar-refractivity contribution is 0.0448. The molecule has 1 unspecified atom stereocenters. The molecule has 0 radical (unpaired) electrons. The Balaban J connectivity index is 1.68. The van der Waals surface area contributed by atoms with Crippen LogP contribution in [0.5, 0.6) is 5.75 Å². The summed E-state index contributed by atoms with van der Waals surface area (Å²) in [6, 6.07) is 6.71. The zero-order chi connectivity index (χ0) is 13.3. The van der Waals surface area contributed by atoms with Crippen LogP contribution in [0.2, 0.25) is 0 Å². The van der Waals surface area contributed by atoms with E-state index in [4.69, 9.17) is 4.74 Å². The third kappa shape index (κ3) is 2.63. The monoisotopic (exact) mass is 261 g/mol. The molecule has 1 atom stereocenters. The molecule has 0 saturated heterocycles. The number of aliphatic hydroxyl groups is 1. The Morgan fingerprint density at radius 1 is 1.37 bits per heavy atom. The number of methoxy groups -OCH3 is 1. The van der Waals surface area contributed by atoms with Gasteiger partial charge in [0.1, 0.15) is 5.75 Å². The molecular formula is C16H23NO2. The summed E-state index contributed by atoms with van der Waals surface area (Å²) in [5.74, 6) is 0.923. The Bertz CT molecular complexity index is 452. The number of ether oxygens (including phenoxy) is 1. The van der Waals surface area contributed by atoms with E-state index in [0.29, 0.717) is 12.6 Å². The van der Waals surface area contributed by atoms with E-state index in [1.807, 2.05) is 6.07 Å². The Morgan fingerprint density at radius 3 is 2.89 bits per heavy atom. The van der Waals surface area contributed by atoms with Gasteiger partial charge in [-0.3, -0.25) is 0 Å². The first-order valence-corrected chi connectivity index (χ1v) is 7.33. The van der Waals surface area contributed by atoms with Gasteiger partial charge in [0.05, 0.1) is 12.7 Å². The molecule has 104 valence electrons. The van der Waals surface area contributed by atoms with Crippen molar-refractivity contribution in [3.63, 3.8) is 0 Å². The van der Waals surface area contributed by atoms with Crippen molar-refractivity contribution in [3.8, 4) is 5.75 Å². The molecule has 1 aromatic rings. The largest absolute Gasteiger partial charge is 0.497 e. The number of hydrogen-bond acceptors (Lipinski definition) is 3. The summed E-state index contributed by atoms with van der Waals surface area (Å²) in [4.78, 5) is 0. The summed E-state index contributed by atoms with van der Waals surface area (Å²) >= 11 is 0. The molecule has 19 heavy (non-hydrogen) atoms. The van der Waals surface area contributed by atoms with Gasteiger partial charge in [-0.1, -0.05) is 18.9 Å². The van der Waals surface area contributed by atoms with Gasteiger partial charge in [-0.05, 0) is 48.9 Å². The van der Waals surface area contributed by atoms with Crippen LogP contribution in [0.1, 0.15) is 49.3 Å². The van der Waals surface area contributed by atoms with Crippen LogP contribution in [-0.4, -0.2) is 24.4 Å². The molecule has 0 heterocycles. The van der Waals surface area contributed by atoms with Gasteiger partial charge in [0.25, 0.3) is 0 Å². The van der Waals surface area contributed by atoms with Gasteiger partial charge in [-0.15, -0.1) is 0 Å². The fourth-order valence-electron chi connectivity index (χ4n) is 3.44. The van der Waals surface area contributed by atoms with Crippen LogP contribution >= 0.6 is 0 Å². The first-order valence-electron chi connectivity index (χ1n) is 7.33. The minimum Gasteiger partial charge on any atom is -0.497 e. The van der Waals surface area contributed by atoms with E-state index in [-0.39, 0.29) is 0 Å². The Morgan fingerprint density at radius 2 is 2.16 bits per heavy atom. The average molecular weight is 261 g/mol. The first-order chi connectivity index (χ1) is 9.20. The summed E-state index contributed by atoms with van der Waals surface area (Å²) in [6.07, 6.45) is 6.45. The molecule has 3 nitrogen and oxygen atoms in total. The summed E-state index contributed by atoms with van der Waals surface area (Å²) < 4.78 is 5.31. The second kappa shape index (κ2) is 5.14. The van der Waals surface area contributed by atoms with E-state index in [0.717, 1.165) is 44.3 Å². The predicted octanol–water partition coefficient (Wildman–Crippen LogP) is 2.58. The molecule has 1 saturated carbocycles. The quantitative estimate of drug-likeness (QED) is 0.875. The van der Waals surface area contributed by atoms with Crippen molar-refractivity contribution in [1.82, 2.24) is 5.32 Å². The zero-order valence-corrected chi connectivity index (χ0v) is 11.6. The molecule has 0 spiro atoms. The highest BCUT2D eigenvalue weighted by Gasteiger charge is 2.32. The molecule has 0 bridgehead atoms. The van der Waals surface area contributed by atoms with Crippen molar-refractivity contribution >= 4 is 0 Å². The van der Waals surface area contributed by atoms with Crippen molar-refractivity contribution < 1.29 is 9.84 Å². The molecule has 1 fully saturated rings. The first kappa shape index (κ1) is 12.9. The van der Waals surface area contributed by atoms with Gasteiger partial charge >= 0.3 is 0 Å². The maximum Gasteiger partial charge on any atom is 0.119 e. The fraction of sp³-hybridized carbons (Fsp3) is 0.625. The molecule has 2 N–H and O–H groups in total. The molecule has 3 rings (SSSR count). The Hall–Kier alpha value is -1.06. The van der Waals surface area contributed by atoms with E-state index in [9.17, 15) is 5.11 Å². The number of nitrogens with one attached hydrogen (secondary N) is 1. The highest BCUT2D eigenvalue weighted by atomic mass is 16.5. The lowest BCUT2D eigenvalue weighted by Gasteiger charge is -2.25. The summed E-state index contributed by atoms with van der Waals surface area (Å²) in [5, 5.41) is 14.0. The van der Waals surface area contributed by atoms with Crippen LogP contribution in [0.25, 0.3) is 0 Å². The lowest BCUT2D eigenvalue weighted by Crippen LogP contribution is -2.39. The summed E-state index contributed by atoms with van der Waals surface area (Å²) in [7, 11) is 1.71. The van der Waals surface area contributed by atoms with Gasteiger partial charge in [-0.2, -0.15) is 0 Å². The van der Waals surface area contributed by atoms with Crippen molar-refractivity contribution in [3.05, 3.63) is 29.3 Å². The fourth-order valence-corrected chi connectivity index (χ4v) is 3.44. The maximum atomic E-state index is 10.4. The van der Waals surface area contributed by atoms with Crippen LogP contribution in [-0.2, 0) is 6.42 Å². The number of rotatable bonds is 4. The van der Waals surface area contributed by atoms with E-state index in [1.165, 1.54) is 11.1 Å². The molecule has 3 heteroatoms. The third-order valence-corrected chi connectivity index (χ3v) is 4.64. The van der Waals surface area contributed by atoms with E-state index in [1.54, 1.807) is 7.11 Å².